The first-order valence-electron chi connectivity index (χ1n) is 9.40. The molecule has 1 aliphatic carbocycles. The third-order valence-corrected chi connectivity index (χ3v) is 5.12. The van der Waals surface area contributed by atoms with Crippen molar-refractivity contribution >= 4 is 18.0 Å². The van der Waals surface area contributed by atoms with E-state index in [0.29, 0.717) is 23.8 Å². The van der Waals surface area contributed by atoms with Crippen molar-refractivity contribution in [2.75, 3.05) is 13.7 Å². The highest BCUT2D eigenvalue weighted by Crippen LogP contribution is 2.30. The predicted molar refractivity (Wildman–Crippen MR) is 107 cm³/mol. The number of guanidine groups is 1. The smallest absolute Gasteiger partial charge is 0.189 e. The third kappa shape index (κ3) is 5.98. The standard InChI is InChI=1S/C20H30N4O3/c1-15(24-26)17-9-6-10-18(11-17)27-14-20(13-25,23-19(21)22-2)12-16-7-4-3-5-8-16/h6,9-11,13,16,26H,3-5,7-8,12,14H2,1-2H3,(H3,21,22,23)/b24-15-. The minimum absolute atomic E-state index is 0.141. The van der Waals surface area contributed by atoms with Crippen LogP contribution >= 0.6 is 0 Å². The monoisotopic (exact) mass is 374 g/mol. The van der Waals surface area contributed by atoms with Crippen LogP contribution in [0.2, 0.25) is 0 Å². The summed E-state index contributed by atoms with van der Waals surface area (Å²) in [5.41, 5.74) is 6.18. The van der Waals surface area contributed by atoms with Crippen LogP contribution in [0.25, 0.3) is 0 Å². The number of aldehydes is 1. The molecule has 0 saturated heterocycles. The summed E-state index contributed by atoms with van der Waals surface area (Å²) in [6, 6.07) is 7.24. The van der Waals surface area contributed by atoms with Crippen molar-refractivity contribution in [3.8, 4) is 5.75 Å². The first kappa shape index (κ1) is 20.7. The number of carbonyl (C=O) groups excluding carboxylic acids is 1. The van der Waals surface area contributed by atoms with E-state index in [0.717, 1.165) is 24.7 Å². The Morgan fingerprint density at radius 2 is 2.15 bits per heavy atom. The van der Waals surface area contributed by atoms with Crippen LogP contribution in [0.3, 0.4) is 0 Å². The van der Waals surface area contributed by atoms with Gasteiger partial charge in [0.25, 0.3) is 0 Å². The zero-order valence-electron chi connectivity index (χ0n) is 16.1. The van der Waals surface area contributed by atoms with Crippen molar-refractivity contribution in [2.24, 2.45) is 21.8 Å². The lowest BCUT2D eigenvalue weighted by Gasteiger charge is -2.34. The van der Waals surface area contributed by atoms with Gasteiger partial charge in [-0.3, -0.25) is 4.99 Å². The number of rotatable bonds is 8. The van der Waals surface area contributed by atoms with E-state index < -0.39 is 5.54 Å². The number of nitrogens with zero attached hydrogens (tertiary/aromatic N) is 2. The number of oxime groups is 1. The molecule has 1 aliphatic rings. The van der Waals surface area contributed by atoms with Gasteiger partial charge >= 0.3 is 0 Å². The van der Waals surface area contributed by atoms with Crippen molar-refractivity contribution in [1.82, 2.24) is 5.32 Å². The molecule has 7 heteroatoms. The molecule has 7 nitrogen and oxygen atoms in total. The maximum Gasteiger partial charge on any atom is 0.189 e. The van der Waals surface area contributed by atoms with E-state index in [2.05, 4.69) is 15.5 Å². The zero-order valence-corrected chi connectivity index (χ0v) is 16.1. The van der Waals surface area contributed by atoms with Crippen molar-refractivity contribution in [3.05, 3.63) is 29.8 Å². The van der Waals surface area contributed by atoms with Crippen LogP contribution in [0, 0.1) is 5.92 Å². The van der Waals surface area contributed by atoms with E-state index >= 15 is 0 Å². The molecule has 0 bridgehead atoms. The van der Waals surface area contributed by atoms with Crippen LogP contribution in [0.4, 0.5) is 0 Å². The number of ether oxygens (including phenoxy) is 1. The van der Waals surface area contributed by atoms with E-state index in [4.69, 9.17) is 15.7 Å². The van der Waals surface area contributed by atoms with Crippen molar-refractivity contribution < 1.29 is 14.7 Å². The minimum atomic E-state index is -0.929. The second kappa shape index (κ2) is 9.94. The first-order chi connectivity index (χ1) is 13.0. The number of hydrogen-bond donors (Lipinski definition) is 3. The van der Waals surface area contributed by atoms with Crippen LogP contribution in [-0.4, -0.2) is 42.4 Å². The zero-order chi connectivity index (χ0) is 19.7. The molecule has 0 amide bonds. The lowest BCUT2D eigenvalue weighted by atomic mass is 9.80. The molecule has 1 saturated carbocycles. The molecule has 0 spiro atoms. The highest BCUT2D eigenvalue weighted by molar-refractivity contribution is 5.98. The second-order valence-electron chi connectivity index (χ2n) is 7.22. The lowest BCUT2D eigenvalue weighted by molar-refractivity contribution is -0.114. The molecule has 4 N–H and O–H groups in total. The Hall–Kier alpha value is -2.57. The highest BCUT2D eigenvalue weighted by atomic mass is 16.5. The highest BCUT2D eigenvalue weighted by Gasteiger charge is 2.35. The van der Waals surface area contributed by atoms with Crippen LogP contribution in [0.15, 0.2) is 34.4 Å². The van der Waals surface area contributed by atoms with Gasteiger partial charge in [-0.25, -0.2) is 0 Å². The molecular formula is C20H30N4O3. The predicted octanol–water partition coefficient (Wildman–Crippen LogP) is 2.71. The fourth-order valence-corrected chi connectivity index (χ4v) is 3.56. The van der Waals surface area contributed by atoms with Gasteiger partial charge in [-0.15, -0.1) is 0 Å². The van der Waals surface area contributed by atoms with Crippen molar-refractivity contribution in [3.63, 3.8) is 0 Å². The molecule has 2 rings (SSSR count). The topological polar surface area (TPSA) is 109 Å². The van der Waals surface area contributed by atoms with Gasteiger partial charge in [0.05, 0.1) is 5.71 Å². The maximum absolute atomic E-state index is 12.1. The number of hydrogen-bond acceptors (Lipinski definition) is 5. The fourth-order valence-electron chi connectivity index (χ4n) is 3.56. The minimum Gasteiger partial charge on any atom is -0.491 e. The third-order valence-electron chi connectivity index (χ3n) is 5.12. The quantitative estimate of drug-likeness (QED) is 0.213. The molecule has 27 heavy (non-hydrogen) atoms. The van der Waals surface area contributed by atoms with Gasteiger partial charge in [0, 0.05) is 12.6 Å². The molecule has 148 valence electrons. The summed E-state index contributed by atoms with van der Waals surface area (Å²) in [5.74, 6) is 1.28. The number of nitrogens with two attached hydrogens (primary N) is 1. The van der Waals surface area contributed by atoms with E-state index in [1.165, 1.54) is 19.3 Å². The molecule has 1 unspecified atom stereocenters. The molecule has 1 fully saturated rings. The normalized spacial score (nSPS) is 18.6. The van der Waals surface area contributed by atoms with Crippen LogP contribution in [0.1, 0.15) is 51.0 Å². The number of nitrogens with one attached hydrogen (secondary N) is 1. The summed E-state index contributed by atoms with van der Waals surface area (Å²) < 4.78 is 5.94. The second-order valence-corrected chi connectivity index (χ2v) is 7.22. The van der Waals surface area contributed by atoms with Gasteiger partial charge in [-0.05, 0) is 31.4 Å². The Bertz CT molecular complexity index is 684. The molecule has 1 aromatic rings. The molecule has 1 atom stereocenters. The SMILES string of the molecule is CN=C(N)NC(C=O)(COc1cccc(/C(C)=N\O)c1)CC1CCCCC1. The van der Waals surface area contributed by atoms with E-state index in [9.17, 15) is 4.79 Å². The number of carbonyl (C=O) groups is 1. The van der Waals surface area contributed by atoms with Gasteiger partial charge in [0.2, 0.25) is 0 Å². The van der Waals surface area contributed by atoms with E-state index in [-0.39, 0.29) is 12.6 Å². The van der Waals surface area contributed by atoms with Crippen LogP contribution in [-0.2, 0) is 4.79 Å². The average Bonchev–Trinajstić information content (AvgIpc) is 2.72. The number of aliphatic imine (C=N–C) groups is 1. The van der Waals surface area contributed by atoms with Gasteiger partial charge in [-0.2, -0.15) is 0 Å². The summed E-state index contributed by atoms with van der Waals surface area (Å²) in [7, 11) is 1.58. The largest absolute Gasteiger partial charge is 0.491 e. The molecule has 0 aromatic heterocycles. The Labute approximate surface area is 160 Å². The van der Waals surface area contributed by atoms with Crippen molar-refractivity contribution in [1.29, 1.82) is 0 Å². The van der Waals surface area contributed by atoms with Crippen molar-refractivity contribution in [2.45, 2.75) is 51.0 Å². The Kier molecular flexibility index (Phi) is 7.64. The van der Waals surface area contributed by atoms with Gasteiger partial charge in [0.1, 0.15) is 24.2 Å². The van der Waals surface area contributed by atoms with E-state index in [1.54, 1.807) is 20.0 Å². The van der Waals surface area contributed by atoms with Crippen LogP contribution < -0.4 is 15.8 Å². The maximum atomic E-state index is 12.1. The Morgan fingerprint density at radius 3 is 2.78 bits per heavy atom. The van der Waals surface area contributed by atoms with E-state index in [1.807, 2.05) is 18.2 Å². The Morgan fingerprint density at radius 1 is 1.41 bits per heavy atom. The summed E-state index contributed by atoms with van der Waals surface area (Å²) >= 11 is 0. The summed E-state index contributed by atoms with van der Waals surface area (Å²) in [4.78, 5) is 16.0. The molecule has 0 radical (unpaired) electrons. The lowest BCUT2D eigenvalue weighted by Crippen LogP contribution is -2.57. The molecule has 0 aliphatic heterocycles. The summed E-state index contributed by atoms with van der Waals surface area (Å²) in [6.07, 6.45) is 7.42. The van der Waals surface area contributed by atoms with Crippen LogP contribution in [0.5, 0.6) is 5.75 Å². The summed E-state index contributed by atoms with van der Waals surface area (Å²) in [6.45, 7) is 1.85. The number of benzene rings is 1. The van der Waals surface area contributed by atoms with Gasteiger partial charge in [-0.1, -0.05) is 49.4 Å². The molecule has 1 aromatic carbocycles. The molecular weight excluding hydrogens is 344 g/mol. The van der Waals surface area contributed by atoms with Gasteiger partial charge in [0.15, 0.2) is 5.96 Å². The fraction of sp³-hybridized carbons (Fsp3) is 0.550. The summed E-state index contributed by atoms with van der Waals surface area (Å²) in [5, 5.41) is 15.2. The first-order valence-corrected chi connectivity index (χ1v) is 9.40. The van der Waals surface area contributed by atoms with Gasteiger partial charge < -0.3 is 25.8 Å². The molecule has 0 heterocycles. The Balaban J connectivity index is 2.16. The average molecular weight is 374 g/mol.